The number of Topliss-reactive ketones (excluding diaryl/α,β-unsaturated/α-hetero) is 1. The van der Waals surface area contributed by atoms with Crippen molar-refractivity contribution in [1.82, 2.24) is 4.90 Å². The summed E-state index contributed by atoms with van der Waals surface area (Å²) in [5.74, 6) is -5.68. The first-order valence-electron chi connectivity index (χ1n) is 22.7. The summed E-state index contributed by atoms with van der Waals surface area (Å²) in [6, 6.07) is 8.02. The minimum atomic E-state index is -1.81. The van der Waals surface area contributed by atoms with Crippen LogP contribution in [0.4, 0.5) is 4.79 Å². The maximum absolute atomic E-state index is 14.8. The number of nitrogens with two attached hydrogens (primary N) is 1. The van der Waals surface area contributed by atoms with Gasteiger partial charge in [-0.1, -0.05) is 39.0 Å². The van der Waals surface area contributed by atoms with Crippen LogP contribution in [0.25, 0.3) is 0 Å². The SMILES string of the molecule is CC[C@H]1OC(=O)[C@H](C)[C@@H](O[C@H]2C[C@@](C)(OC)[C@@H](O)[C@H](C)O2)[C@H](C)[C@@H](OC2O[C@H](C)C[C@H](N(C)C)[C@H]2OC(=O)c2ccccc2)[C@](C)(OC(N)=O)C[C@@H](C)C(=O)/C(C)=C/[C@]1(C)OC(=O)COC.[Ac]. The van der Waals surface area contributed by atoms with E-state index in [1.807, 2.05) is 25.9 Å². The van der Waals surface area contributed by atoms with Gasteiger partial charge in [0, 0.05) is 76.5 Å². The number of ether oxygens (including phenoxy) is 10. The standard InChI is InChI=1S/C48H74N2O16.Ac/c1-15-34-46(8,65-35(51)25-57-13)22-26(2)37(52)27(3)23-48(10,66-45(49)56)41(29(5)38(30(6)42(54)61-34)62-36-24-47(9,58-14)40(53)31(7)60-36)64-44-39(33(50(11)12)21-28(4)59-44)63-43(55)32-19-17-16-18-20-32;/h16-20,22,27-31,33-34,36,38-41,44,53H,15,21,23-25H2,1-14H3,(H2,49,56);/b26-22+;/t27-,28-,29+,30-,31+,33+,34-,36+,38+,39-,40+,41-,44?,46+,47-,48-;/m1./s1. The molecular weight excluding hydrogens is 1090 g/mol. The molecule has 2 saturated heterocycles. The number of carbonyl (C=O) groups excluding carboxylic acids is 5. The Hall–Kier alpha value is -2.57. The molecule has 3 N–H and O–H groups in total. The molecule has 3 heterocycles. The Morgan fingerprint density at radius 1 is 0.910 bits per heavy atom. The Morgan fingerprint density at radius 2 is 1.55 bits per heavy atom. The second kappa shape index (κ2) is 25.0. The van der Waals surface area contributed by atoms with Crippen molar-refractivity contribution >= 4 is 29.8 Å². The van der Waals surface area contributed by atoms with Gasteiger partial charge in [-0.15, -0.1) is 0 Å². The number of nitrogens with zero attached hydrogens (tertiary/aromatic N) is 1. The number of benzene rings is 1. The first-order chi connectivity index (χ1) is 30.8. The normalized spacial score (nSPS) is 38.6. The molecule has 67 heavy (non-hydrogen) atoms. The second-order valence-electron chi connectivity index (χ2n) is 19.0. The maximum Gasteiger partial charge on any atom is 0.405 e. The smallest absolute Gasteiger partial charge is 0.405 e. The molecule has 4 rings (SSSR count). The molecule has 0 bridgehead atoms. The molecule has 1 aromatic carbocycles. The average Bonchev–Trinajstić information content (AvgIpc) is 3.24. The van der Waals surface area contributed by atoms with E-state index >= 15 is 0 Å². The van der Waals surface area contributed by atoms with Gasteiger partial charge in [0.05, 0.1) is 41.4 Å². The summed E-state index contributed by atoms with van der Waals surface area (Å²) in [7, 11) is 6.48. The van der Waals surface area contributed by atoms with E-state index in [-0.39, 0.29) is 68.9 Å². The zero-order valence-corrected chi connectivity index (χ0v) is 46.4. The molecule has 1 radical (unpaired) electrons. The van der Waals surface area contributed by atoms with Crippen molar-refractivity contribution in [2.24, 2.45) is 23.5 Å². The number of amides is 1. The Labute approximate surface area is 431 Å². The van der Waals surface area contributed by atoms with E-state index in [9.17, 15) is 29.1 Å². The van der Waals surface area contributed by atoms with Gasteiger partial charge in [0.1, 0.15) is 30.5 Å². The minimum absolute atomic E-state index is 0. The summed E-state index contributed by atoms with van der Waals surface area (Å²) in [4.78, 5) is 71.1. The number of hydrogen-bond donors (Lipinski definition) is 2. The van der Waals surface area contributed by atoms with Crippen LogP contribution in [0.1, 0.15) is 105 Å². The number of cyclic esters (lactones) is 1. The van der Waals surface area contributed by atoms with Gasteiger partial charge in [0.2, 0.25) is 0 Å². The topological polar surface area (TPSA) is 227 Å². The Balaban J connectivity index is 0.0000119. The van der Waals surface area contributed by atoms with Gasteiger partial charge < -0.3 is 63.1 Å². The monoisotopic (exact) mass is 1160 g/mol. The number of aliphatic hydroxyl groups excluding tert-OH is 1. The number of esters is 3. The molecule has 3 aliphatic rings. The van der Waals surface area contributed by atoms with Crippen LogP contribution < -0.4 is 5.73 Å². The largest absolute Gasteiger partial charge is 0.457 e. The van der Waals surface area contributed by atoms with Crippen LogP contribution in [0.15, 0.2) is 42.0 Å². The summed E-state index contributed by atoms with van der Waals surface area (Å²) < 4.78 is 62.0. The molecule has 0 spiro atoms. The number of ketones is 1. The Bertz CT molecular complexity index is 1870. The van der Waals surface area contributed by atoms with Crippen molar-refractivity contribution in [3.05, 3.63) is 47.5 Å². The third kappa shape index (κ3) is 14.5. The van der Waals surface area contributed by atoms with Gasteiger partial charge in [0.25, 0.3) is 0 Å². The van der Waals surface area contributed by atoms with Crippen LogP contribution in [-0.4, -0.2) is 153 Å². The average molecular weight is 1160 g/mol. The molecule has 3 aliphatic heterocycles. The fraction of sp³-hybridized carbons (Fsp3) is 0.729. The molecule has 1 aromatic rings. The summed E-state index contributed by atoms with van der Waals surface area (Å²) in [5, 5.41) is 11.1. The van der Waals surface area contributed by atoms with Crippen LogP contribution in [0.3, 0.4) is 0 Å². The van der Waals surface area contributed by atoms with E-state index in [1.165, 1.54) is 20.3 Å². The van der Waals surface area contributed by atoms with Crippen molar-refractivity contribution in [3.8, 4) is 0 Å². The third-order valence-electron chi connectivity index (χ3n) is 13.3. The van der Waals surface area contributed by atoms with Crippen molar-refractivity contribution in [3.63, 3.8) is 0 Å². The van der Waals surface area contributed by atoms with Crippen molar-refractivity contribution in [2.45, 2.75) is 173 Å². The van der Waals surface area contributed by atoms with Crippen LogP contribution in [0, 0.1) is 61.8 Å². The summed E-state index contributed by atoms with van der Waals surface area (Å²) in [6.45, 7) is 16.2. The number of aliphatic hydroxyl groups is 1. The van der Waals surface area contributed by atoms with Crippen molar-refractivity contribution < 1.29 is 121 Å². The van der Waals surface area contributed by atoms with E-state index in [2.05, 4.69) is 0 Å². The van der Waals surface area contributed by atoms with E-state index in [0.717, 1.165) is 0 Å². The third-order valence-corrected chi connectivity index (χ3v) is 13.3. The van der Waals surface area contributed by atoms with Crippen molar-refractivity contribution in [1.29, 1.82) is 0 Å². The van der Waals surface area contributed by atoms with Gasteiger partial charge in [-0.05, 0) is 106 Å². The number of allylic oxidation sites excluding steroid dienone is 1. The van der Waals surface area contributed by atoms with E-state index < -0.39 is 132 Å². The first kappa shape index (κ1) is 58.7. The maximum atomic E-state index is 14.8. The summed E-state index contributed by atoms with van der Waals surface area (Å²) in [6.07, 6.45) is -8.74. The first-order valence-corrected chi connectivity index (χ1v) is 22.7. The number of primary amides is 1. The van der Waals surface area contributed by atoms with Crippen LogP contribution >= 0.6 is 0 Å². The quantitative estimate of drug-likeness (QED) is 0.198. The molecule has 1 amide bonds. The van der Waals surface area contributed by atoms with E-state index in [0.29, 0.717) is 12.0 Å². The van der Waals surface area contributed by atoms with Gasteiger partial charge in [-0.25, -0.2) is 14.4 Å². The molecule has 18 nitrogen and oxygen atoms in total. The molecule has 2 fully saturated rings. The fourth-order valence-corrected chi connectivity index (χ4v) is 9.74. The van der Waals surface area contributed by atoms with Gasteiger partial charge in [-0.2, -0.15) is 0 Å². The van der Waals surface area contributed by atoms with E-state index in [1.54, 1.807) is 92.6 Å². The van der Waals surface area contributed by atoms with Gasteiger partial charge in [-0.3, -0.25) is 9.59 Å². The fourth-order valence-electron chi connectivity index (χ4n) is 9.74. The Kier molecular flexibility index (Phi) is 21.9. The van der Waals surface area contributed by atoms with Crippen LogP contribution in [-0.2, 0) is 61.8 Å². The molecule has 375 valence electrons. The number of methoxy groups -OCH3 is 2. The minimum Gasteiger partial charge on any atom is -0.457 e. The zero-order chi connectivity index (χ0) is 49.5. The summed E-state index contributed by atoms with van der Waals surface area (Å²) in [5.41, 5.74) is 1.72. The predicted molar refractivity (Wildman–Crippen MR) is 239 cm³/mol. The molecule has 16 atom stereocenters. The van der Waals surface area contributed by atoms with Crippen LogP contribution in [0.5, 0.6) is 0 Å². The molecule has 1 unspecified atom stereocenters. The molecule has 0 aromatic heterocycles. The molecule has 0 saturated carbocycles. The summed E-state index contributed by atoms with van der Waals surface area (Å²) >= 11 is 0. The van der Waals surface area contributed by atoms with E-state index in [4.69, 9.17) is 53.1 Å². The zero-order valence-electron chi connectivity index (χ0n) is 41.7. The molecule has 0 aliphatic carbocycles. The predicted octanol–water partition coefficient (Wildman–Crippen LogP) is 4.90. The number of hydrogen-bond acceptors (Lipinski definition) is 17. The van der Waals surface area contributed by atoms with Gasteiger partial charge >= 0.3 is 24.0 Å². The Morgan fingerprint density at radius 3 is 2.12 bits per heavy atom. The molecule has 19 heteroatoms. The number of rotatable bonds is 13. The van der Waals surface area contributed by atoms with Crippen molar-refractivity contribution in [2.75, 3.05) is 34.9 Å². The number of likely N-dealkylation sites (N-methyl/N-ethyl adjacent to an activating group) is 1. The molecular formula is C48H74AcN2O16. The number of carbonyl (C=O) groups is 5. The second-order valence-corrected chi connectivity index (χ2v) is 19.0. The van der Waals surface area contributed by atoms with Crippen LogP contribution in [0.2, 0.25) is 0 Å². The van der Waals surface area contributed by atoms with Gasteiger partial charge in [0.15, 0.2) is 30.1 Å².